The van der Waals surface area contributed by atoms with E-state index < -0.39 is 49.9 Å². The predicted molar refractivity (Wildman–Crippen MR) is 160 cm³/mol. The Bertz CT molecular complexity index is 1590. The summed E-state index contributed by atoms with van der Waals surface area (Å²) in [6.45, 7) is 5.73. The van der Waals surface area contributed by atoms with Crippen molar-refractivity contribution in [3.63, 3.8) is 0 Å². The van der Waals surface area contributed by atoms with Crippen molar-refractivity contribution in [1.82, 2.24) is 0 Å². The van der Waals surface area contributed by atoms with Crippen LogP contribution in [0.4, 0.5) is 11.4 Å². The Labute approximate surface area is 261 Å². The topological polar surface area (TPSA) is 157 Å². The maximum Gasteiger partial charge on any atom is 0.339 e. The second-order valence-corrected chi connectivity index (χ2v) is 12.4. The van der Waals surface area contributed by atoms with Crippen molar-refractivity contribution in [2.45, 2.75) is 59.4 Å². The van der Waals surface area contributed by atoms with Crippen LogP contribution in [0.1, 0.15) is 36.5 Å². The molecule has 0 N–H and O–H groups in total. The number of alkyl halides is 1. The number of carbonyl (C=O) groups excluding carboxylic acids is 2. The number of nitro benzene ring substituents is 2. The van der Waals surface area contributed by atoms with E-state index in [0.29, 0.717) is 16.0 Å². The van der Waals surface area contributed by atoms with Gasteiger partial charge in [-0.1, -0.05) is 18.7 Å². The summed E-state index contributed by atoms with van der Waals surface area (Å²) in [4.78, 5) is 48.7. The highest BCUT2D eigenvalue weighted by Crippen LogP contribution is 2.67. The van der Waals surface area contributed by atoms with Gasteiger partial charge in [0.25, 0.3) is 11.4 Å². The zero-order valence-corrected chi connectivity index (χ0v) is 25.6. The second kappa shape index (κ2) is 11.7. The lowest BCUT2D eigenvalue weighted by Crippen LogP contribution is -2.54. The van der Waals surface area contributed by atoms with Crippen LogP contribution in [-0.2, 0) is 23.7 Å². The van der Waals surface area contributed by atoms with Gasteiger partial charge in [0, 0.05) is 44.7 Å². The molecule has 44 heavy (non-hydrogen) atoms. The summed E-state index contributed by atoms with van der Waals surface area (Å²) >= 11 is 7.87. The summed E-state index contributed by atoms with van der Waals surface area (Å²) in [5.74, 6) is -1.28. The van der Waals surface area contributed by atoms with Crippen LogP contribution in [0.2, 0.25) is 0 Å². The first-order valence-corrected chi connectivity index (χ1v) is 14.9. The third-order valence-corrected chi connectivity index (χ3v) is 10.8. The number of carbonyl (C=O) groups is 2. The number of hydrogen-bond acceptors (Lipinski definition) is 11. The Morgan fingerprint density at radius 2 is 1.77 bits per heavy atom. The van der Waals surface area contributed by atoms with Gasteiger partial charge in [0.15, 0.2) is 23.3 Å². The summed E-state index contributed by atoms with van der Waals surface area (Å²) in [7, 11) is 2.91. The average molecular weight is 645 g/mol. The zero-order valence-electron chi connectivity index (χ0n) is 24.1. The summed E-state index contributed by atoms with van der Waals surface area (Å²) in [5.41, 5.74) is -1.22. The van der Waals surface area contributed by atoms with Crippen LogP contribution in [0.3, 0.4) is 0 Å². The van der Waals surface area contributed by atoms with Gasteiger partial charge >= 0.3 is 5.97 Å². The van der Waals surface area contributed by atoms with Crippen LogP contribution in [0, 0.1) is 20.2 Å². The van der Waals surface area contributed by atoms with E-state index in [9.17, 15) is 29.8 Å². The second-order valence-electron chi connectivity index (χ2n) is 10.8. The van der Waals surface area contributed by atoms with Crippen molar-refractivity contribution in [1.29, 1.82) is 0 Å². The first kappa shape index (κ1) is 31.8. The molecule has 232 valence electrons. The van der Waals surface area contributed by atoms with Crippen molar-refractivity contribution in [3.8, 4) is 0 Å². The first-order valence-electron chi connectivity index (χ1n) is 13.5. The van der Waals surface area contributed by atoms with Gasteiger partial charge in [0.05, 0.1) is 25.1 Å². The van der Waals surface area contributed by atoms with E-state index in [2.05, 4.69) is 6.58 Å². The van der Waals surface area contributed by atoms with Crippen LogP contribution < -0.4 is 0 Å². The maximum absolute atomic E-state index is 13.3. The van der Waals surface area contributed by atoms with Crippen molar-refractivity contribution in [2.75, 3.05) is 20.1 Å². The SMILES string of the molecule is C=C1[C@]2(C(OC)OC)O[C@@H](C3=C2CC[C@](OC(=O)c2ccc([N+](=O)[O-])cc2)(C(C)=O)C3)[C@]1(CCl)Sc1ccccc1[N+](=O)[O-]. The zero-order chi connectivity index (χ0) is 32.0. The highest BCUT2D eigenvalue weighted by atomic mass is 35.5. The number of para-hydroxylation sites is 1. The fraction of sp³-hybridized carbons (Fsp3) is 0.400. The third-order valence-electron chi connectivity index (χ3n) is 8.65. The number of halogens is 1. The molecule has 2 aliphatic heterocycles. The van der Waals surface area contributed by atoms with Gasteiger partial charge in [-0.15, -0.1) is 23.4 Å². The number of ketones is 1. The molecule has 5 rings (SSSR count). The van der Waals surface area contributed by atoms with E-state index >= 15 is 0 Å². The van der Waals surface area contributed by atoms with E-state index in [1.54, 1.807) is 18.2 Å². The van der Waals surface area contributed by atoms with Gasteiger partial charge in [-0.3, -0.25) is 25.0 Å². The number of benzene rings is 2. The number of nitrogens with zero attached hydrogens (tertiary/aromatic N) is 2. The molecule has 14 heteroatoms. The lowest BCUT2D eigenvalue weighted by molar-refractivity contribution is -0.387. The molecule has 1 saturated heterocycles. The number of methoxy groups -OCH3 is 2. The molecular formula is C30H29ClN2O10S. The lowest BCUT2D eigenvalue weighted by Gasteiger charge is -2.46. The molecule has 0 aromatic heterocycles. The monoisotopic (exact) mass is 644 g/mol. The number of rotatable bonds is 11. The molecule has 0 radical (unpaired) electrons. The minimum absolute atomic E-state index is 0.0354. The standard InChI is InChI=1S/C30H29ClN2O10S/c1-17-29(16-31,44-24-8-6-5-7-23(24)33(38)39)25-21-15-28(18(2)34,14-13-22(21)30(17,42-25)27(40-3)41-4)43-26(35)19-9-11-20(12-10-19)32(36)37/h5-12,25,27H,1,13-16H2,2-4H3/t25-,28+,29+,30-/m0/s1. The molecule has 2 aromatic carbocycles. The molecule has 1 fully saturated rings. The molecule has 3 aliphatic rings. The fourth-order valence-electron chi connectivity index (χ4n) is 6.46. The number of nitro groups is 2. The van der Waals surface area contributed by atoms with Crippen LogP contribution >= 0.6 is 23.4 Å². The molecule has 0 spiro atoms. The Kier molecular flexibility index (Phi) is 8.46. The Balaban J connectivity index is 1.58. The predicted octanol–water partition coefficient (Wildman–Crippen LogP) is 5.56. The Morgan fingerprint density at radius 1 is 1.11 bits per heavy atom. The molecule has 4 atom stereocenters. The summed E-state index contributed by atoms with van der Waals surface area (Å²) in [6.07, 6.45) is -1.44. The quantitative estimate of drug-likeness (QED) is 0.0752. The van der Waals surface area contributed by atoms with Crippen LogP contribution in [0.25, 0.3) is 0 Å². The summed E-state index contributed by atoms with van der Waals surface area (Å²) < 4.78 is 22.9. The molecule has 0 amide bonds. The Hall–Kier alpha value is -3.62. The lowest BCUT2D eigenvalue weighted by atomic mass is 9.65. The normalized spacial score (nSPS) is 27.4. The van der Waals surface area contributed by atoms with E-state index in [1.807, 2.05) is 0 Å². The van der Waals surface area contributed by atoms with E-state index in [-0.39, 0.29) is 42.1 Å². The average Bonchev–Trinajstić information content (AvgIpc) is 3.47. The van der Waals surface area contributed by atoms with Gasteiger partial charge in [0.2, 0.25) is 0 Å². The maximum atomic E-state index is 13.3. The molecule has 0 unspecified atom stereocenters. The van der Waals surface area contributed by atoms with Gasteiger partial charge in [-0.05, 0) is 54.7 Å². The molecule has 0 saturated carbocycles. The largest absolute Gasteiger partial charge is 0.447 e. The number of esters is 1. The molecular weight excluding hydrogens is 616 g/mol. The number of fused-ring (bicyclic) bond motifs is 4. The minimum atomic E-state index is -1.58. The van der Waals surface area contributed by atoms with E-state index in [1.165, 1.54) is 51.5 Å². The van der Waals surface area contributed by atoms with Crippen molar-refractivity contribution in [2.24, 2.45) is 0 Å². The number of Topliss-reactive ketones (excluding diaryl/α,β-unsaturated/α-hetero) is 1. The van der Waals surface area contributed by atoms with Crippen LogP contribution in [-0.4, -0.2) is 70.0 Å². The van der Waals surface area contributed by atoms with Gasteiger partial charge in [-0.2, -0.15) is 0 Å². The highest BCUT2D eigenvalue weighted by molar-refractivity contribution is 8.01. The summed E-state index contributed by atoms with van der Waals surface area (Å²) in [6, 6.07) is 11.2. The molecule has 2 aromatic rings. The van der Waals surface area contributed by atoms with Gasteiger partial charge in [0.1, 0.15) is 6.10 Å². The summed E-state index contributed by atoms with van der Waals surface area (Å²) in [5, 5.41) is 22.9. The van der Waals surface area contributed by atoms with Crippen molar-refractivity contribution < 1.29 is 38.4 Å². The minimum Gasteiger partial charge on any atom is -0.447 e. The number of ether oxygens (including phenoxy) is 4. The van der Waals surface area contributed by atoms with Crippen molar-refractivity contribution >= 4 is 46.5 Å². The molecule has 2 heterocycles. The van der Waals surface area contributed by atoms with Crippen molar-refractivity contribution in [3.05, 3.63) is 97.6 Å². The van der Waals surface area contributed by atoms with E-state index in [0.717, 1.165) is 17.3 Å². The third kappa shape index (κ3) is 4.74. The van der Waals surface area contributed by atoms with Gasteiger partial charge in [-0.25, -0.2) is 4.79 Å². The number of non-ortho nitro benzene ring substituents is 1. The molecule has 1 aliphatic carbocycles. The first-order chi connectivity index (χ1) is 20.9. The van der Waals surface area contributed by atoms with Crippen LogP contribution in [0.5, 0.6) is 0 Å². The Morgan fingerprint density at radius 3 is 2.34 bits per heavy atom. The molecule has 2 bridgehead atoms. The number of hydrogen-bond donors (Lipinski definition) is 0. The van der Waals surface area contributed by atoms with Gasteiger partial charge < -0.3 is 18.9 Å². The number of thioether (sulfide) groups is 1. The fourth-order valence-corrected chi connectivity index (χ4v) is 8.34. The van der Waals surface area contributed by atoms with Crippen LogP contribution in [0.15, 0.2) is 76.7 Å². The molecule has 12 nitrogen and oxygen atoms in total. The van der Waals surface area contributed by atoms with E-state index in [4.69, 9.17) is 30.5 Å². The smallest absolute Gasteiger partial charge is 0.339 e. The highest BCUT2D eigenvalue weighted by Gasteiger charge is 2.72.